The quantitative estimate of drug-likeness (QED) is 0.0764. The van der Waals surface area contributed by atoms with E-state index >= 15 is 0 Å². The van der Waals surface area contributed by atoms with E-state index in [4.69, 9.17) is 9.72 Å². The number of benzene rings is 3. The van der Waals surface area contributed by atoms with Gasteiger partial charge in [0.2, 0.25) is 0 Å². The minimum absolute atomic E-state index is 0.0273. The molecule has 0 bridgehead atoms. The molecular weight excluding hydrogens is 540 g/mol. The van der Waals surface area contributed by atoms with E-state index in [1.165, 1.54) is 18.6 Å². The first-order valence-corrected chi connectivity index (χ1v) is 14.8. The van der Waals surface area contributed by atoms with E-state index in [0.717, 1.165) is 35.8 Å². The number of allylic oxidation sites excluding steroid dienone is 1. The maximum atomic E-state index is 13.5. The molecule has 0 saturated carbocycles. The third kappa shape index (κ3) is 7.23. The average Bonchev–Trinajstić information content (AvgIpc) is 3.26. The number of para-hydroxylation sites is 1. The van der Waals surface area contributed by atoms with Gasteiger partial charge < -0.3 is 4.74 Å². The van der Waals surface area contributed by atoms with Crippen molar-refractivity contribution in [2.75, 3.05) is 6.61 Å². The number of ether oxygens (including phenoxy) is 1. The van der Waals surface area contributed by atoms with Crippen LogP contribution in [0.5, 0.6) is 5.75 Å². The minimum atomic E-state index is -0.991. The van der Waals surface area contributed by atoms with Crippen molar-refractivity contribution >= 4 is 28.2 Å². The van der Waals surface area contributed by atoms with Crippen molar-refractivity contribution in [1.29, 1.82) is 0 Å². The molecule has 43 heavy (non-hydrogen) atoms. The van der Waals surface area contributed by atoms with Crippen LogP contribution in [0.4, 0.5) is 5.69 Å². The molecule has 2 atom stereocenters. The molecule has 0 N–H and O–H groups in total. The number of carbonyl (C=O) groups excluding carboxylic acids is 2. The number of carbonyl (C=O) groups is 2. The average molecular weight is 579 g/mol. The van der Waals surface area contributed by atoms with Crippen molar-refractivity contribution in [2.24, 2.45) is 5.92 Å². The summed E-state index contributed by atoms with van der Waals surface area (Å²) in [5.41, 5.74) is 3.62. The lowest BCUT2D eigenvalue weighted by molar-refractivity contribution is -0.384. The molecule has 5 rings (SSSR count). The number of ketones is 2. The molecule has 0 aliphatic heterocycles. The number of rotatable bonds is 11. The number of unbranched alkanes of at least 4 members (excludes halogenated alkanes) is 1. The summed E-state index contributed by atoms with van der Waals surface area (Å²) in [7, 11) is 0. The summed E-state index contributed by atoms with van der Waals surface area (Å²) in [5.74, 6) is -0.379. The largest absolute Gasteiger partial charge is 0.491 e. The zero-order valence-electron chi connectivity index (χ0n) is 25.0. The van der Waals surface area contributed by atoms with Crippen molar-refractivity contribution in [3.8, 4) is 5.75 Å². The Balaban J connectivity index is 0.00000135. The van der Waals surface area contributed by atoms with E-state index in [0.29, 0.717) is 47.0 Å². The molecule has 7 heteroatoms. The SMILES string of the molecule is C=CC.CCCCC(CC)COc1cccc2ccc(C3C(=O)c4ccc(Cc5ccc([N+](=O)[O-])cc5)cc4C3=O)nc12. The van der Waals surface area contributed by atoms with Crippen LogP contribution in [0.3, 0.4) is 0 Å². The number of nitro benzene ring substituents is 1. The van der Waals surface area contributed by atoms with Gasteiger partial charge in [0.1, 0.15) is 17.2 Å². The summed E-state index contributed by atoms with van der Waals surface area (Å²) in [6.45, 7) is 10.2. The molecule has 4 aromatic rings. The molecule has 222 valence electrons. The number of Topliss-reactive ketones (excluding diaryl/α,β-unsaturated/α-hetero) is 2. The number of nitro groups is 1. The van der Waals surface area contributed by atoms with Gasteiger partial charge in [-0.3, -0.25) is 19.7 Å². The maximum Gasteiger partial charge on any atom is 0.269 e. The van der Waals surface area contributed by atoms with Crippen LogP contribution in [-0.2, 0) is 6.42 Å². The predicted molar refractivity (Wildman–Crippen MR) is 170 cm³/mol. The maximum absolute atomic E-state index is 13.5. The van der Waals surface area contributed by atoms with Gasteiger partial charge in [-0.2, -0.15) is 0 Å². The fourth-order valence-corrected chi connectivity index (χ4v) is 5.31. The van der Waals surface area contributed by atoms with Gasteiger partial charge in [0.05, 0.1) is 17.2 Å². The molecule has 1 heterocycles. The molecule has 0 radical (unpaired) electrons. The molecular formula is C36H38N2O5. The Hall–Kier alpha value is -4.65. The number of fused-ring (bicyclic) bond motifs is 2. The van der Waals surface area contributed by atoms with Crippen LogP contribution in [0.25, 0.3) is 10.9 Å². The van der Waals surface area contributed by atoms with Crippen LogP contribution >= 0.6 is 0 Å². The highest BCUT2D eigenvalue weighted by atomic mass is 16.6. The second-order valence-corrected chi connectivity index (χ2v) is 10.8. The van der Waals surface area contributed by atoms with E-state index in [-0.39, 0.29) is 17.3 Å². The second-order valence-electron chi connectivity index (χ2n) is 10.8. The normalized spacial score (nSPS) is 14.5. The lowest BCUT2D eigenvalue weighted by atomic mass is 9.98. The van der Waals surface area contributed by atoms with Crippen molar-refractivity contribution in [3.63, 3.8) is 0 Å². The first kappa shape index (κ1) is 31.3. The van der Waals surface area contributed by atoms with Gasteiger partial charge in [0.25, 0.3) is 5.69 Å². The lowest BCUT2D eigenvalue weighted by Crippen LogP contribution is -2.15. The Kier molecular flexibility index (Phi) is 10.5. The van der Waals surface area contributed by atoms with Gasteiger partial charge in [0.15, 0.2) is 11.6 Å². The first-order chi connectivity index (χ1) is 20.8. The van der Waals surface area contributed by atoms with E-state index in [2.05, 4.69) is 20.4 Å². The van der Waals surface area contributed by atoms with Crippen LogP contribution in [-0.4, -0.2) is 28.1 Å². The summed E-state index contributed by atoms with van der Waals surface area (Å²) in [5, 5.41) is 11.8. The molecule has 0 fully saturated rings. The number of nitrogens with zero attached hydrogens (tertiary/aromatic N) is 2. The van der Waals surface area contributed by atoms with Crippen molar-refractivity contribution in [1.82, 2.24) is 4.98 Å². The fraction of sp³-hybridized carbons (Fsp3) is 0.306. The predicted octanol–water partition coefficient (Wildman–Crippen LogP) is 8.68. The van der Waals surface area contributed by atoms with Gasteiger partial charge in [-0.05, 0) is 55.0 Å². The fourth-order valence-electron chi connectivity index (χ4n) is 5.31. The lowest BCUT2D eigenvalue weighted by Gasteiger charge is -2.17. The van der Waals surface area contributed by atoms with Crippen LogP contribution in [0.2, 0.25) is 0 Å². The molecule has 1 aliphatic rings. The number of hydrogen-bond donors (Lipinski definition) is 0. The van der Waals surface area contributed by atoms with E-state index in [9.17, 15) is 19.7 Å². The van der Waals surface area contributed by atoms with E-state index < -0.39 is 10.8 Å². The Labute approximate surface area is 252 Å². The molecule has 1 aromatic heterocycles. The van der Waals surface area contributed by atoms with Gasteiger partial charge >= 0.3 is 0 Å². The highest BCUT2D eigenvalue weighted by Gasteiger charge is 2.40. The molecule has 0 saturated heterocycles. The molecule has 3 aromatic carbocycles. The molecule has 7 nitrogen and oxygen atoms in total. The van der Waals surface area contributed by atoms with Crippen LogP contribution < -0.4 is 4.74 Å². The third-order valence-electron chi connectivity index (χ3n) is 7.71. The van der Waals surface area contributed by atoms with E-state index in [1.54, 1.807) is 36.4 Å². The van der Waals surface area contributed by atoms with Crippen molar-refractivity contribution in [3.05, 3.63) is 124 Å². The number of non-ortho nitro benzene ring substituents is 1. The Morgan fingerprint density at radius 1 is 0.977 bits per heavy atom. The number of aromatic nitrogens is 1. The third-order valence-corrected chi connectivity index (χ3v) is 7.71. The summed E-state index contributed by atoms with van der Waals surface area (Å²) in [4.78, 5) is 42.2. The zero-order valence-corrected chi connectivity index (χ0v) is 25.0. The van der Waals surface area contributed by atoms with Gasteiger partial charge in [-0.25, -0.2) is 4.98 Å². The summed E-state index contributed by atoms with van der Waals surface area (Å²) in [6, 6.07) is 21.0. The second kappa shape index (κ2) is 14.5. The zero-order chi connectivity index (χ0) is 30.9. The Morgan fingerprint density at radius 2 is 1.67 bits per heavy atom. The standard InChI is InChI=1S/C33H32N2O5.C3H6/c1-3-5-7-21(4-2)20-40-29-9-6-8-24-13-17-28(34-31(24)29)30-32(36)26-16-12-23(19-27(26)33(30)37)18-22-10-14-25(15-11-22)35(38)39;1-3-2/h6,8-17,19,21,30H,3-5,7,18,20H2,1-2H3;3H,1H2,2H3. The smallest absolute Gasteiger partial charge is 0.269 e. The monoisotopic (exact) mass is 578 g/mol. The highest BCUT2D eigenvalue weighted by Crippen LogP contribution is 2.36. The van der Waals surface area contributed by atoms with Gasteiger partial charge in [-0.1, -0.05) is 81.7 Å². The number of pyridine rings is 1. The van der Waals surface area contributed by atoms with Gasteiger partial charge in [-0.15, -0.1) is 6.58 Å². The Bertz CT molecular complexity index is 1630. The molecule has 2 unspecified atom stereocenters. The van der Waals surface area contributed by atoms with Gasteiger partial charge in [0, 0.05) is 28.6 Å². The van der Waals surface area contributed by atoms with Crippen molar-refractivity contribution < 1.29 is 19.2 Å². The van der Waals surface area contributed by atoms with Crippen LogP contribution in [0, 0.1) is 16.0 Å². The molecule has 0 amide bonds. The number of hydrogen-bond acceptors (Lipinski definition) is 6. The first-order valence-electron chi connectivity index (χ1n) is 14.8. The Morgan fingerprint density at radius 3 is 2.35 bits per heavy atom. The summed E-state index contributed by atoms with van der Waals surface area (Å²) in [6.07, 6.45) is 6.72. The van der Waals surface area contributed by atoms with Crippen LogP contribution in [0.1, 0.15) is 89.9 Å². The summed E-state index contributed by atoms with van der Waals surface area (Å²) >= 11 is 0. The minimum Gasteiger partial charge on any atom is -0.491 e. The van der Waals surface area contributed by atoms with Crippen LogP contribution in [0.15, 0.2) is 85.5 Å². The molecule has 0 spiro atoms. The highest BCUT2D eigenvalue weighted by molar-refractivity contribution is 6.29. The summed E-state index contributed by atoms with van der Waals surface area (Å²) < 4.78 is 6.23. The van der Waals surface area contributed by atoms with E-state index in [1.807, 2.05) is 37.3 Å². The van der Waals surface area contributed by atoms with Crippen molar-refractivity contribution in [2.45, 2.75) is 58.8 Å². The molecule has 1 aliphatic carbocycles. The topological polar surface area (TPSA) is 99.4 Å².